The third kappa shape index (κ3) is 6.07. The van der Waals surface area contributed by atoms with E-state index in [1.54, 1.807) is 0 Å². The van der Waals surface area contributed by atoms with E-state index < -0.39 is 0 Å². The van der Waals surface area contributed by atoms with E-state index in [9.17, 15) is 0 Å². The Hall–Kier alpha value is -5.96. The summed E-state index contributed by atoms with van der Waals surface area (Å²) < 4.78 is 9.28. The lowest BCUT2D eigenvalue weighted by Crippen LogP contribution is -2.19. The van der Waals surface area contributed by atoms with Crippen LogP contribution in [-0.2, 0) is 0 Å². The van der Waals surface area contributed by atoms with Crippen molar-refractivity contribution < 1.29 is 4.42 Å². The van der Waals surface area contributed by atoms with Crippen molar-refractivity contribution in [3.8, 4) is 0 Å². The highest BCUT2D eigenvalue weighted by Crippen LogP contribution is 2.43. The van der Waals surface area contributed by atoms with Crippen molar-refractivity contribution in [2.24, 2.45) is 0 Å². The van der Waals surface area contributed by atoms with E-state index in [4.69, 9.17) is 4.42 Å². The molecule has 0 unspecified atom stereocenters. The predicted molar refractivity (Wildman–Crippen MR) is 237 cm³/mol. The van der Waals surface area contributed by atoms with Gasteiger partial charge in [-0.2, -0.15) is 0 Å². The maximum Gasteiger partial charge on any atom is 0.153 e. The van der Waals surface area contributed by atoms with Crippen LogP contribution in [0, 0.1) is 0 Å². The second kappa shape index (κ2) is 14.5. The van der Waals surface area contributed by atoms with Crippen LogP contribution in [-0.4, -0.2) is 0 Å². The summed E-state index contributed by atoms with van der Waals surface area (Å²) in [6.45, 7) is 11.0. The average Bonchev–Trinajstić information content (AvgIpc) is 3.79. The minimum Gasteiger partial charge on any atom is -0.455 e. The number of benzene rings is 4. The van der Waals surface area contributed by atoms with Gasteiger partial charge in [0.2, 0.25) is 0 Å². The number of rotatable bonds is 5. The smallest absolute Gasteiger partial charge is 0.153 e. The van der Waals surface area contributed by atoms with Gasteiger partial charge in [-0.25, -0.2) is 0 Å². The first-order valence-electron chi connectivity index (χ1n) is 19.0. The fraction of sp³-hybridized carbons (Fsp3) is 0.115. The number of fused-ring (bicyclic) bond motifs is 9. The Morgan fingerprint density at radius 1 is 0.759 bits per heavy atom. The van der Waals surface area contributed by atoms with Crippen molar-refractivity contribution in [1.82, 2.24) is 0 Å². The summed E-state index contributed by atoms with van der Waals surface area (Å²) in [6, 6.07) is 39.4. The molecule has 0 saturated carbocycles. The van der Waals surface area contributed by atoms with Gasteiger partial charge in [0.1, 0.15) is 5.42 Å². The molecule has 0 spiro atoms. The Bertz CT molecular complexity index is 3000. The Labute approximate surface area is 320 Å². The van der Waals surface area contributed by atoms with Crippen molar-refractivity contribution in [2.75, 3.05) is 0 Å². The molecule has 0 N–H and O–H groups in total. The third-order valence-corrected chi connectivity index (χ3v) is 12.1. The maximum absolute atomic E-state index is 6.77. The molecule has 0 amide bonds. The van der Waals surface area contributed by atoms with Gasteiger partial charge in [-0.3, -0.25) is 0 Å². The standard InChI is InChI=1S/C52H42OS/c1-4-47-45(49-43-26-13-14-27-44(43)50-46-28-15-16-29-48(46)54-52(50)51(49)53-47)31-30-36-19-17-21-38(33-36)40-23-8-6-5-7-22-39(41-24-11-12-25-42(40)41)35(3)32-37-20-10-9-18-34(37)2/h4-9,11-16,18-19,22-29,31-33H,2-3,10,17,20-21,30H2,1H3/b6-5?,7-5?,8-6?,22-7?,23-8?,37-32-,39-22?,40-23?,41-39?,42-40?,45-31+,47-4+. The highest BCUT2D eigenvalue weighted by atomic mass is 32.1. The molecule has 0 saturated heterocycles. The number of hydrogen-bond acceptors (Lipinski definition) is 2. The van der Waals surface area contributed by atoms with Gasteiger partial charge in [-0.05, 0) is 112 Å². The summed E-state index contributed by atoms with van der Waals surface area (Å²) in [7, 11) is 0. The molecule has 9 rings (SSSR count). The number of allylic oxidation sites excluding steroid dienone is 10. The molecule has 0 aliphatic heterocycles. The lowest BCUT2D eigenvalue weighted by Gasteiger charge is -2.16. The molecule has 0 fully saturated rings. The van der Waals surface area contributed by atoms with Gasteiger partial charge in [-0.1, -0.05) is 153 Å². The van der Waals surface area contributed by atoms with Crippen LogP contribution in [0.1, 0.15) is 50.2 Å². The highest BCUT2D eigenvalue weighted by molar-refractivity contribution is 7.26. The average molecular weight is 715 g/mol. The predicted octanol–water partition coefficient (Wildman–Crippen LogP) is 13.9. The molecule has 2 aliphatic carbocycles. The highest BCUT2D eigenvalue weighted by Gasteiger charge is 2.18. The van der Waals surface area contributed by atoms with E-state index in [1.807, 2.05) is 11.3 Å². The Morgan fingerprint density at radius 2 is 1.46 bits per heavy atom. The van der Waals surface area contributed by atoms with E-state index in [1.165, 1.54) is 74.6 Å². The van der Waals surface area contributed by atoms with Crippen LogP contribution >= 0.6 is 11.3 Å². The lowest BCUT2D eigenvalue weighted by molar-refractivity contribution is 0.578. The normalized spacial score (nSPS) is 16.2. The van der Waals surface area contributed by atoms with Gasteiger partial charge < -0.3 is 4.42 Å². The van der Waals surface area contributed by atoms with Crippen LogP contribution in [0.4, 0.5) is 0 Å². The molecule has 0 bridgehead atoms. The van der Waals surface area contributed by atoms with Crippen molar-refractivity contribution in [3.63, 3.8) is 0 Å². The van der Waals surface area contributed by atoms with Crippen LogP contribution in [0.5, 0.6) is 0 Å². The summed E-state index contributed by atoms with van der Waals surface area (Å²) in [5.74, 6) is 0. The Morgan fingerprint density at radius 3 is 2.26 bits per heavy atom. The zero-order valence-electron chi connectivity index (χ0n) is 30.7. The molecule has 7 aromatic rings. The monoisotopic (exact) mass is 714 g/mol. The zero-order chi connectivity index (χ0) is 36.6. The van der Waals surface area contributed by atoms with Crippen molar-refractivity contribution >= 4 is 87.3 Å². The molecular weight excluding hydrogens is 673 g/mol. The molecule has 2 heterocycles. The summed E-state index contributed by atoms with van der Waals surface area (Å²) in [4.78, 5) is 0. The first-order valence-corrected chi connectivity index (χ1v) is 19.8. The second-order valence-corrected chi connectivity index (χ2v) is 15.3. The second-order valence-electron chi connectivity index (χ2n) is 14.3. The zero-order valence-corrected chi connectivity index (χ0v) is 31.5. The number of furan rings is 1. The van der Waals surface area contributed by atoms with Crippen LogP contribution in [0.2, 0.25) is 0 Å². The van der Waals surface area contributed by atoms with E-state index in [0.29, 0.717) is 0 Å². The quantitative estimate of drug-likeness (QED) is 0.173. The first-order chi connectivity index (χ1) is 26.6. The molecule has 54 heavy (non-hydrogen) atoms. The molecule has 2 aromatic heterocycles. The first kappa shape index (κ1) is 33.8. The van der Waals surface area contributed by atoms with Gasteiger partial charge in [0.15, 0.2) is 5.58 Å². The summed E-state index contributed by atoms with van der Waals surface area (Å²) >= 11 is 1.83. The maximum atomic E-state index is 6.77. The SMILES string of the molecule is C=C1C=CCC/C1=C/C(=C)c1ccccccc(C2=CC(C/C=c3\c(=C/C)oc4c5sc6ccccc6c5c5ccccc5c34)=CCC2)c2ccccc12. The summed E-state index contributed by atoms with van der Waals surface area (Å²) in [5.41, 5.74) is 10.3. The van der Waals surface area contributed by atoms with E-state index >= 15 is 0 Å². The molecule has 1 nitrogen and oxygen atoms in total. The molecule has 2 heteroatoms. The minimum atomic E-state index is 0.819. The van der Waals surface area contributed by atoms with Crippen LogP contribution < -0.4 is 10.6 Å². The summed E-state index contributed by atoms with van der Waals surface area (Å²) in [5, 5.41) is 9.93. The fourth-order valence-corrected chi connectivity index (χ4v) is 9.55. The Kier molecular flexibility index (Phi) is 9.06. The van der Waals surface area contributed by atoms with E-state index in [0.717, 1.165) is 59.8 Å². The van der Waals surface area contributed by atoms with Crippen molar-refractivity contribution in [1.29, 1.82) is 0 Å². The molecule has 262 valence electrons. The van der Waals surface area contributed by atoms with Crippen molar-refractivity contribution in [2.45, 2.75) is 39.0 Å². The topological polar surface area (TPSA) is 13.1 Å². The fourth-order valence-electron chi connectivity index (χ4n) is 8.35. The minimum absolute atomic E-state index is 0.819. The molecule has 2 aliphatic rings. The Balaban J connectivity index is 1.17. The largest absolute Gasteiger partial charge is 0.455 e. The van der Waals surface area contributed by atoms with E-state index in [2.05, 4.69) is 172 Å². The molecule has 0 atom stereocenters. The molecular formula is C52H42OS. The van der Waals surface area contributed by atoms with Crippen LogP contribution in [0.25, 0.3) is 76.0 Å². The molecule has 5 aromatic carbocycles. The number of hydrogen-bond donors (Lipinski definition) is 0. The van der Waals surface area contributed by atoms with Gasteiger partial charge in [0.05, 0.1) is 4.70 Å². The van der Waals surface area contributed by atoms with Gasteiger partial charge in [-0.15, -0.1) is 11.3 Å². The third-order valence-electron chi connectivity index (χ3n) is 10.9. The number of thiophene rings is 1. The lowest BCUT2D eigenvalue weighted by atomic mass is 9.88. The van der Waals surface area contributed by atoms with Gasteiger partial charge in [0, 0.05) is 26.1 Å². The van der Waals surface area contributed by atoms with Crippen LogP contribution in [0.3, 0.4) is 0 Å². The van der Waals surface area contributed by atoms with E-state index in [-0.39, 0.29) is 0 Å². The van der Waals surface area contributed by atoms with Crippen molar-refractivity contribution in [3.05, 3.63) is 191 Å². The van der Waals surface area contributed by atoms with Crippen LogP contribution in [0.15, 0.2) is 174 Å². The summed E-state index contributed by atoms with van der Waals surface area (Å²) in [6.07, 6.45) is 20.8. The van der Waals surface area contributed by atoms with Gasteiger partial charge in [0.25, 0.3) is 0 Å². The molecule has 0 radical (unpaired) electrons. The van der Waals surface area contributed by atoms with Gasteiger partial charge >= 0.3 is 0 Å².